The zero-order chi connectivity index (χ0) is 15.2. The van der Waals surface area contributed by atoms with E-state index in [0.29, 0.717) is 13.2 Å². The fraction of sp³-hybridized carbons (Fsp3) is 0.733. The second-order valence-electron chi connectivity index (χ2n) is 4.65. The molecule has 0 aromatic rings. The zero-order valence-corrected chi connectivity index (χ0v) is 12.9. The third-order valence-electron chi connectivity index (χ3n) is 2.87. The van der Waals surface area contributed by atoms with E-state index in [1.54, 1.807) is 13.3 Å². The van der Waals surface area contributed by atoms with Crippen molar-refractivity contribution in [2.45, 2.75) is 39.5 Å². The van der Waals surface area contributed by atoms with Crippen LogP contribution in [0.5, 0.6) is 0 Å². The van der Waals surface area contributed by atoms with Gasteiger partial charge in [-0.1, -0.05) is 26.7 Å². The predicted octanol–water partition coefficient (Wildman–Crippen LogP) is 2.06. The predicted molar refractivity (Wildman–Crippen MR) is 80.0 cm³/mol. The Bertz CT molecular complexity index is 327. The van der Waals surface area contributed by atoms with Gasteiger partial charge < -0.3 is 15.0 Å². The molecule has 0 aliphatic heterocycles. The van der Waals surface area contributed by atoms with Gasteiger partial charge in [0, 0.05) is 32.9 Å². The highest BCUT2D eigenvalue weighted by atomic mass is 16.5. The van der Waals surface area contributed by atoms with Crippen molar-refractivity contribution in [1.29, 1.82) is 5.26 Å². The maximum Gasteiger partial charge on any atom is 0.263 e. The largest absolute Gasteiger partial charge is 0.383 e. The van der Waals surface area contributed by atoms with E-state index in [-0.39, 0.29) is 11.5 Å². The number of ether oxygens (including phenoxy) is 1. The van der Waals surface area contributed by atoms with Gasteiger partial charge in [0.15, 0.2) is 0 Å². The third-order valence-corrected chi connectivity index (χ3v) is 2.87. The van der Waals surface area contributed by atoms with Gasteiger partial charge in [0.25, 0.3) is 5.91 Å². The van der Waals surface area contributed by atoms with E-state index in [1.807, 2.05) is 6.07 Å². The number of rotatable bonds is 11. The van der Waals surface area contributed by atoms with Crippen LogP contribution >= 0.6 is 0 Å². The topological polar surface area (TPSA) is 65.4 Å². The molecule has 5 heteroatoms. The average Bonchev–Trinajstić information content (AvgIpc) is 2.46. The molecule has 1 N–H and O–H groups in total. The van der Waals surface area contributed by atoms with Crippen LogP contribution in [0, 0.1) is 11.3 Å². The summed E-state index contributed by atoms with van der Waals surface area (Å²) < 4.78 is 4.87. The summed E-state index contributed by atoms with van der Waals surface area (Å²) in [6, 6.07) is 1.98. The summed E-state index contributed by atoms with van der Waals surface area (Å²) >= 11 is 0. The summed E-state index contributed by atoms with van der Waals surface area (Å²) in [5, 5.41) is 11.8. The van der Waals surface area contributed by atoms with E-state index in [2.05, 4.69) is 24.1 Å². The molecule has 0 spiro atoms. The van der Waals surface area contributed by atoms with Gasteiger partial charge in [0.05, 0.1) is 6.61 Å². The first-order valence-corrected chi connectivity index (χ1v) is 7.32. The molecule has 0 bridgehead atoms. The molecule has 0 fully saturated rings. The maximum atomic E-state index is 11.8. The van der Waals surface area contributed by atoms with Gasteiger partial charge in [0.2, 0.25) is 0 Å². The summed E-state index contributed by atoms with van der Waals surface area (Å²) in [4.78, 5) is 13.9. The Labute approximate surface area is 122 Å². The average molecular weight is 281 g/mol. The molecule has 0 aliphatic carbocycles. The van der Waals surface area contributed by atoms with Crippen LogP contribution in [0.3, 0.4) is 0 Å². The Morgan fingerprint density at radius 1 is 1.30 bits per heavy atom. The van der Waals surface area contributed by atoms with Crippen molar-refractivity contribution in [3.63, 3.8) is 0 Å². The lowest BCUT2D eigenvalue weighted by Gasteiger charge is -2.20. The number of methoxy groups -OCH3 is 1. The molecule has 0 radical (unpaired) electrons. The number of hydrogen-bond acceptors (Lipinski definition) is 4. The van der Waals surface area contributed by atoms with Crippen LogP contribution in [-0.2, 0) is 9.53 Å². The molecule has 0 atom stereocenters. The van der Waals surface area contributed by atoms with E-state index in [9.17, 15) is 4.79 Å². The molecular formula is C15H27N3O2. The normalized spacial score (nSPS) is 11.0. The maximum absolute atomic E-state index is 11.8. The highest BCUT2D eigenvalue weighted by Gasteiger charge is 2.10. The van der Waals surface area contributed by atoms with Crippen LogP contribution in [0.4, 0.5) is 0 Å². The van der Waals surface area contributed by atoms with Gasteiger partial charge in [-0.25, -0.2) is 0 Å². The van der Waals surface area contributed by atoms with E-state index < -0.39 is 0 Å². The minimum Gasteiger partial charge on any atom is -0.383 e. The van der Waals surface area contributed by atoms with Gasteiger partial charge in [-0.05, 0) is 12.8 Å². The molecule has 114 valence electrons. The fourth-order valence-corrected chi connectivity index (χ4v) is 1.65. The number of nitrogens with zero attached hydrogens (tertiary/aromatic N) is 2. The van der Waals surface area contributed by atoms with E-state index in [0.717, 1.165) is 38.8 Å². The number of unbranched alkanes of at least 4 members (excludes halogenated alkanes) is 2. The van der Waals surface area contributed by atoms with Crippen molar-refractivity contribution >= 4 is 5.91 Å². The SMILES string of the molecule is CCCCN(/C=C(/C#N)C(=O)NCCOC)CCCC. The minimum absolute atomic E-state index is 0.160. The Morgan fingerprint density at radius 2 is 1.90 bits per heavy atom. The zero-order valence-electron chi connectivity index (χ0n) is 12.9. The van der Waals surface area contributed by atoms with Crippen LogP contribution in [0.1, 0.15) is 39.5 Å². The van der Waals surface area contributed by atoms with Crippen molar-refractivity contribution in [2.24, 2.45) is 0 Å². The lowest BCUT2D eigenvalue weighted by Crippen LogP contribution is -2.30. The number of nitriles is 1. The number of hydrogen-bond donors (Lipinski definition) is 1. The number of carbonyl (C=O) groups excluding carboxylic acids is 1. The van der Waals surface area contributed by atoms with Crippen LogP contribution in [0.2, 0.25) is 0 Å². The minimum atomic E-state index is -0.331. The molecule has 0 unspecified atom stereocenters. The van der Waals surface area contributed by atoms with Crippen LogP contribution in [0.15, 0.2) is 11.8 Å². The molecule has 0 aliphatic rings. The molecule has 0 aromatic carbocycles. The van der Waals surface area contributed by atoms with Crippen molar-refractivity contribution in [1.82, 2.24) is 10.2 Å². The van der Waals surface area contributed by atoms with Gasteiger partial charge >= 0.3 is 0 Å². The van der Waals surface area contributed by atoms with Crippen LogP contribution in [0.25, 0.3) is 0 Å². The lowest BCUT2D eigenvalue weighted by molar-refractivity contribution is -0.117. The second kappa shape index (κ2) is 12.5. The van der Waals surface area contributed by atoms with Gasteiger partial charge in [-0.15, -0.1) is 0 Å². The molecule has 0 aromatic heterocycles. The fourth-order valence-electron chi connectivity index (χ4n) is 1.65. The Morgan fingerprint density at radius 3 is 2.35 bits per heavy atom. The monoisotopic (exact) mass is 281 g/mol. The number of nitrogens with one attached hydrogen (secondary N) is 1. The molecule has 0 saturated heterocycles. The highest BCUT2D eigenvalue weighted by Crippen LogP contribution is 2.04. The lowest BCUT2D eigenvalue weighted by atomic mass is 10.2. The van der Waals surface area contributed by atoms with Crippen molar-refractivity contribution < 1.29 is 9.53 Å². The molecule has 20 heavy (non-hydrogen) atoms. The Hall–Kier alpha value is -1.54. The summed E-state index contributed by atoms with van der Waals surface area (Å²) in [6.07, 6.45) is 6.00. The summed E-state index contributed by atoms with van der Waals surface area (Å²) in [5.74, 6) is -0.331. The second-order valence-corrected chi connectivity index (χ2v) is 4.65. The number of amides is 1. The molecule has 5 nitrogen and oxygen atoms in total. The van der Waals surface area contributed by atoms with Gasteiger partial charge in [-0.3, -0.25) is 4.79 Å². The smallest absolute Gasteiger partial charge is 0.263 e. The molecule has 0 rings (SSSR count). The highest BCUT2D eigenvalue weighted by molar-refractivity contribution is 5.97. The molecule has 0 heterocycles. The van der Waals surface area contributed by atoms with Gasteiger partial charge in [0.1, 0.15) is 11.6 Å². The van der Waals surface area contributed by atoms with Crippen LogP contribution < -0.4 is 5.32 Å². The summed E-state index contributed by atoms with van der Waals surface area (Å²) in [6.45, 7) is 6.88. The number of carbonyl (C=O) groups is 1. The van der Waals surface area contributed by atoms with Crippen molar-refractivity contribution in [2.75, 3.05) is 33.4 Å². The van der Waals surface area contributed by atoms with E-state index in [1.165, 1.54) is 0 Å². The standard InChI is InChI=1S/C15H27N3O2/c1-4-6-9-18(10-7-5-2)13-14(12-16)15(19)17-8-11-20-3/h13H,4-11H2,1-3H3,(H,17,19)/b14-13-. The van der Waals surface area contributed by atoms with Crippen molar-refractivity contribution in [3.05, 3.63) is 11.8 Å². The summed E-state index contributed by atoms with van der Waals surface area (Å²) in [5.41, 5.74) is 0.160. The van der Waals surface area contributed by atoms with Gasteiger partial charge in [-0.2, -0.15) is 5.26 Å². The van der Waals surface area contributed by atoms with Crippen molar-refractivity contribution in [3.8, 4) is 6.07 Å². The summed E-state index contributed by atoms with van der Waals surface area (Å²) in [7, 11) is 1.57. The molecular weight excluding hydrogens is 254 g/mol. The van der Waals surface area contributed by atoms with E-state index in [4.69, 9.17) is 10.00 Å². The first kappa shape index (κ1) is 18.5. The quantitative estimate of drug-likeness (QED) is 0.358. The molecule has 0 saturated carbocycles. The third kappa shape index (κ3) is 8.54. The van der Waals surface area contributed by atoms with Crippen LogP contribution in [-0.4, -0.2) is 44.2 Å². The first-order chi connectivity index (χ1) is 9.69. The Kier molecular flexibility index (Phi) is 11.5. The Balaban J connectivity index is 4.58. The molecule has 1 amide bonds. The van der Waals surface area contributed by atoms with E-state index >= 15 is 0 Å². The first-order valence-electron chi connectivity index (χ1n) is 7.32.